The maximum Gasteiger partial charge on any atom is 0.311 e. The van der Waals surface area contributed by atoms with Gasteiger partial charge >= 0.3 is 5.97 Å². The largest absolute Gasteiger partial charge is 0.744 e. The molecule has 0 aliphatic rings. The Morgan fingerprint density at radius 3 is 2.45 bits per heavy atom. The Kier molecular flexibility index (Phi) is 6.67. The second-order valence-corrected chi connectivity index (χ2v) is 5.89. The number of esters is 1. The lowest BCUT2D eigenvalue weighted by molar-refractivity contribution is -0.134. The van der Waals surface area contributed by atoms with Crippen LogP contribution in [0.1, 0.15) is 45.4 Å². The van der Waals surface area contributed by atoms with Crippen LogP contribution in [0.2, 0.25) is 0 Å². The summed E-state index contributed by atoms with van der Waals surface area (Å²) in [7, 11) is -4.64. The molecule has 0 spiro atoms. The van der Waals surface area contributed by atoms with Crippen LogP contribution in [0.15, 0.2) is 29.2 Å². The maximum atomic E-state index is 11.6. The molecule has 0 aliphatic heterocycles. The third kappa shape index (κ3) is 5.71. The number of rotatable bonds is 8. The number of para-hydroxylation sites is 1. The minimum atomic E-state index is -4.64. The molecule has 0 unspecified atom stereocenters. The Labute approximate surface area is 119 Å². The van der Waals surface area contributed by atoms with Gasteiger partial charge in [0.25, 0.3) is 0 Å². The number of benzene rings is 1. The smallest absolute Gasteiger partial charge is 0.311 e. The zero-order valence-electron chi connectivity index (χ0n) is 11.5. The summed E-state index contributed by atoms with van der Waals surface area (Å²) >= 11 is 0. The van der Waals surface area contributed by atoms with Gasteiger partial charge in [-0.2, -0.15) is 0 Å². The fraction of sp³-hybridized carbons (Fsp3) is 0.500. The van der Waals surface area contributed by atoms with Gasteiger partial charge in [0.15, 0.2) is 0 Å². The molecule has 0 radical (unpaired) electrons. The summed E-state index contributed by atoms with van der Waals surface area (Å²) in [6.45, 7) is 2.11. The number of hydrogen-bond acceptors (Lipinski definition) is 5. The van der Waals surface area contributed by atoms with Crippen LogP contribution >= 0.6 is 0 Å². The average Bonchev–Trinajstić information content (AvgIpc) is 2.38. The number of unbranched alkanes of at least 4 members (excludes halogenated alkanes) is 4. The van der Waals surface area contributed by atoms with Crippen LogP contribution < -0.4 is 4.74 Å². The molecular weight excluding hydrogens is 280 g/mol. The number of carbonyl (C=O) groups excluding carboxylic acids is 1. The van der Waals surface area contributed by atoms with Crippen molar-refractivity contribution in [1.29, 1.82) is 0 Å². The van der Waals surface area contributed by atoms with Crippen LogP contribution in [0.4, 0.5) is 0 Å². The summed E-state index contributed by atoms with van der Waals surface area (Å²) in [6, 6.07) is 5.36. The minimum absolute atomic E-state index is 0.193. The second kappa shape index (κ2) is 8.01. The van der Waals surface area contributed by atoms with Gasteiger partial charge in [0.05, 0.1) is 4.90 Å². The van der Waals surface area contributed by atoms with Crippen molar-refractivity contribution < 1.29 is 22.5 Å². The summed E-state index contributed by atoms with van der Waals surface area (Å²) in [4.78, 5) is 11.1. The molecule has 0 atom stereocenters. The topological polar surface area (TPSA) is 83.5 Å². The maximum absolute atomic E-state index is 11.6. The quantitative estimate of drug-likeness (QED) is 0.319. The van der Waals surface area contributed by atoms with Gasteiger partial charge in [-0.15, -0.1) is 0 Å². The van der Waals surface area contributed by atoms with E-state index in [9.17, 15) is 17.8 Å². The fourth-order valence-corrected chi connectivity index (χ4v) is 2.39. The molecule has 6 heteroatoms. The zero-order valence-corrected chi connectivity index (χ0v) is 12.3. The van der Waals surface area contributed by atoms with Gasteiger partial charge in [-0.25, -0.2) is 8.42 Å². The predicted molar refractivity (Wildman–Crippen MR) is 73.4 cm³/mol. The second-order valence-electron chi connectivity index (χ2n) is 4.54. The first kappa shape index (κ1) is 16.7. The Morgan fingerprint density at radius 2 is 1.80 bits per heavy atom. The van der Waals surface area contributed by atoms with E-state index in [0.29, 0.717) is 6.42 Å². The SMILES string of the molecule is CCCCCCCC(=O)Oc1ccccc1S(=O)(=O)[O-]. The Morgan fingerprint density at radius 1 is 1.15 bits per heavy atom. The standard InChI is InChI=1S/C14H20O5S/c1-2-3-4-5-6-11-14(15)19-12-9-7-8-10-13(12)20(16,17)18/h7-10H,2-6,11H2,1H3,(H,16,17,18)/p-1. The number of hydrogen-bond donors (Lipinski definition) is 0. The van der Waals surface area contributed by atoms with Crippen LogP contribution in [0.5, 0.6) is 5.75 Å². The van der Waals surface area contributed by atoms with Crippen molar-refractivity contribution >= 4 is 16.1 Å². The minimum Gasteiger partial charge on any atom is -0.744 e. The lowest BCUT2D eigenvalue weighted by Gasteiger charge is -2.12. The van der Waals surface area contributed by atoms with Gasteiger partial charge in [0.1, 0.15) is 15.9 Å². The van der Waals surface area contributed by atoms with Crippen LogP contribution in [0.3, 0.4) is 0 Å². The lowest BCUT2D eigenvalue weighted by Crippen LogP contribution is -2.11. The molecule has 0 aliphatic carbocycles. The predicted octanol–water partition coefficient (Wildman–Crippen LogP) is 2.86. The first-order valence-corrected chi connectivity index (χ1v) is 8.11. The van der Waals surface area contributed by atoms with Crippen molar-refractivity contribution in [3.05, 3.63) is 24.3 Å². The highest BCUT2D eigenvalue weighted by molar-refractivity contribution is 7.85. The summed E-state index contributed by atoms with van der Waals surface area (Å²) in [5.74, 6) is -0.710. The molecular formula is C14H19O5S-. The van der Waals surface area contributed by atoms with Gasteiger partial charge < -0.3 is 9.29 Å². The van der Waals surface area contributed by atoms with Crippen molar-refractivity contribution in [3.63, 3.8) is 0 Å². The van der Waals surface area contributed by atoms with Crippen molar-refractivity contribution in [2.45, 2.75) is 50.3 Å². The van der Waals surface area contributed by atoms with E-state index in [2.05, 4.69) is 6.92 Å². The van der Waals surface area contributed by atoms with Crippen LogP contribution in [0, 0.1) is 0 Å². The third-order valence-corrected chi connectivity index (χ3v) is 3.70. The Bertz CT molecular complexity index is 536. The van der Waals surface area contributed by atoms with E-state index in [4.69, 9.17) is 4.74 Å². The van der Waals surface area contributed by atoms with Crippen molar-refractivity contribution in [1.82, 2.24) is 0 Å². The van der Waals surface area contributed by atoms with Gasteiger partial charge in [-0.05, 0) is 18.6 Å². The Hall–Kier alpha value is -1.40. The van der Waals surface area contributed by atoms with Crippen molar-refractivity contribution in [3.8, 4) is 5.75 Å². The van der Waals surface area contributed by atoms with Crippen LogP contribution in [-0.4, -0.2) is 18.9 Å². The first-order valence-electron chi connectivity index (χ1n) is 6.70. The molecule has 0 aromatic heterocycles. The highest BCUT2D eigenvalue weighted by atomic mass is 32.2. The van der Waals surface area contributed by atoms with Crippen molar-refractivity contribution in [2.75, 3.05) is 0 Å². The summed E-state index contributed by atoms with van der Waals surface area (Å²) < 4.78 is 38.0. The van der Waals surface area contributed by atoms with Gasteiger partial charge in [0, 0.05) is 6.42 Å². The highest BCUT2D eigenvalue weighted by Crippen LogP contribution is 2.23. The Balaban J connectivity index is 2.54. The molecule has 0 N–H and O–H groups in total. The monoisotopic (exact) mass is 299 g/mol. The molecule has 0 amide bonds. The molecule has 1 aromatic carbocycles. The van der Waals surface area contributed by atoms with Crippen LogP contribution in [0.25, 0.3) is 0 Å². The van der Waals surface area contributed by atoms with Crippen LogP contribution in [-0.2, 0) is 14.9 Å². The summed E-state index contributed by atoms with van der Waals surface area (Å²) in [5, 5.41) is 0. The molecule has 0 saturated carbocycles. The molecule has 0 bridgehead atoms. The molecule has 0 saturated heterocycles. The van der Waals surface area contributed by atoms with E-state index < -0.39 is 21.0 Å². The first-order chi connectivity index (χ1) is 9.45. The van der Waals surface area contributed by atoms with E-state index in [0.717, 1.165) is 31.7 Å². The molecule has 0 heterocycles. The summed E-state index contributed by atoms with van der Waals surface area (Å²) in [5.41, 5.74) is 0. The molecule has 112 valence electrons. The summed E-state index contributed by atoms with van der Waals surface area (Å²) in [6.07, 6.45) is 5.17. The molecule has 1 aromatic rings. The lowest BCUT2D eigenvalue weighted by atomic mass is 10.1. The van der Waals surface area contributed by atoms with E-state index in [1.165, 1.54) is 18.2 Å². The van der Waals surface area contributed by atoms with Gasteiger partial charge in [-0.3, -0.25) is 4.79 Å². The number of carbonyl (C=O) groups is 1. The molecule has 20 heavy (non-hydrogen) atoms. The van der Waals surface area contributed by atoms with E-state index >= 15 is 0 Å². The van der Waals surface area contributed by atoms with Gasteiger partial charge in [0.2, 0.25) is 0 Å². The average molecular weight is 299 g/mol. The van der Waals surface area contributed by atoms with Gasteiger partial charge in [-0.1, -0.05) is 44.7 Å². The molecule has 1 rings (SSSR count). The van der Waals surface area contributed by atoms with Crippen molar-refractivity contribution in [2.24, 2.45) is 0 Å². The van der Waals surface area contributed by atoms with E-state index in [1.807, 2.05) is 0 Å². The normalized spacial score (nSPS) is 11.3. The van der Waals surface area contributed by atoms with E-state index in [1.54, 1.807) is 0 Å². The fourth-order valence-electron chi connectivity index (χ4n) is 1.79. The molecule has 0 fully saturated rings. The third-order valence-electron chi connectivity index (χ3n) is 2.83. The van der Waals surface area contributed by atoms with E-state index in [-0.39, 0.29) is 12.2 Å². The highest BCUT2D eigenvalue weighted by Gasteiger charge is 2.12. The zero-order chi connectivity index (χ0) is 15.0. The molecule has 5 nitrogen and oxygen atoms in total. The number of ether oxygens (including phenoxy) is 1.